The SMILES string of the molecule is COc1ccccc1OCCC(CN)c1ccc(C)cc1. The van der Waals surface area contributed by atoms with Gasteiger partial charge < -0.3 is 15.2 Å². The Hall–Kier alpha value is -2.00. The highest BCUT2D eigenvalue weighted by molar-refractivity contribution is 5.39. The number of nitrogens with two attached hydrogens (primary N) is 1. The van der Waals surface area contributed by atoms with E-state index in [-0.39, 0.29) is 0 Å². The average molecular weight is 285 g/mol. The monoisotopic (exact) mass is 285 g/mol. The molecule has 0 fully saturated rings. The number of hydrogen-bond donors (Lipinski definition) is 1. The van der Waals surface area contributed by atoms with Crippen molar-refractivity contribution in [2.24, 2.45) is 5.73 Å². The van der Waals surface area contributed by atoms with E-state index in [1.807, 2.05) is 24.3 Å². The van der Waals surface area contributed by atoms with Crippen molar-refractivity contribution in [1.29, 1.82) is 0 Å². The van der Waals surface area contributed by atoms with E-state index < -0.39 is 0 Å². The molecule has 3 nitrogen and oxygen atoms in total. The van der Waals surface area contributed by atoms with Crippen molar-refractivity contribution in [2.45, 2.75) is 19.3 Å². The second-order valence-corrected chi connectivity index (χ2v) is 5.13. The first-order chi connectivity index (χ1) is 10.2. The number of rotatable bonds is 7. The maximum absolute atomic E-state index is 5.90. The van der Waals surface area contributed by atoms with Gasteiger partial charge in [0.25, 0.3) is 0 Å². The van der Waals surface area contributed by atoms with E-state index in [0.29, 0.717) is 19.1 Å². The average Bonchev–Trinajstić information content (AvgIpc) is 2.53. The van der Waals surface area contributed by atoms with Crippen LogP contribution in [0.3, 0.4) is 0 Å². The minimum atomic E-state index is 0.320. The van der Waals surface area contributed by atoms with Crippen molar-refractivity contribution >= 4 is 0 Å². The molecule has 0 saturated heterocycles. The van der Waals surface area contributed by atoms with Crippen LogP contribution in [0.5, 0.6) is 11.5 Å². The van der Waals surface area contributed by atoms with Crippen LogP contribution < -0.4 is 15.2 Å². The molecule has 2 aromatic rings. The Kier molecular flexibility index (Phi) is 5.64. The van der Waals surface area contributed by atoms with Gasteiger partial charge >= 0.3 is 0 Å². The zero-order chi connectivity index (χ0) is 15.1. The molecule has 0 saturated carbocycles. The van der Waals surface area contributed by atoms with Crippen molar-refractivity contribution in [1.82, 2.24) is 0 Å². The second kappa shape index (κ2) is 7.70. The molecule has 0 bridgehead atoms. The molecular weight excluding hydrogens is 262 g/mol. The van der Waals surface area contributed by atoms with Crippen LogP contribution in [0.15, 0.2) is 48.5 Å². The molecule has 2 rings (SSSR count). The lowest BCUT2D eigenvalue weighted by molar-refractivity contribution is 0.280. The number of para-hydroxylation sites is 2. The summed E-state index contributed by atoms with van der Waals surface area (Å²) in [7, 11) is 1.65. The highest BCUT2D eigenvalue weighted by Gasteiger charge is 2.10. The Morgan fingerprint density at radius 2 is 1.67 bits per heavy atom. The third kappa shape index (κ3) is 4.23. The number of benzene rings is 2. The largest absolute Gasteiger partial charge is 0.493 e. The first kappa shape index (κ1) is 15.4. The summed E-state index contributed by atoms with van der Waals surface area (Å²) >= 11 is 0. The van der Waals surface area contributed by atoms with Crippen LogP contribution in [-0.2, 0) is 0 Å². The predicted octanol–water partition coefficient (Wildman–Crippen LogP) is 3.52. The second-order valence-electron chi connectivity index (χ2n) is 5.13. The van der Waals surface area contributed by atoms with Gasteiger partial charge in [-0.25, -0.2) is 0 Å². The first-order valence-corrected chi connectivity index (χ1v) is 7.27. The number of methoxy groups -OCH3 is 1. The van der Waals surface area contributed by atoms with Crippen molar-refractivity contribution in [3.05, 3.63) is 59.7 Å². The van der Waals surface area contributed by atoms with Gasteiger partial charge in [-0.15, -0.1) is 0 Å². The maximum atomic E-state index is 5.90. The molecule has 2 N–H and O–H groups in total. The summed E-state index contributed by atoms with van der Waals surface area (Å²) < 4.78 is 11.1. The summed E-state index contributed by atoms with van der Waals surface area (Å²) in [6.07, 6.45) is 0.887. The van der Waals surface area contributed by atoms with E-state index >= 15 is 0 Å². The lowest BCUT2D eigenvalue weighted by Crippen LogP contribution is -2.15. The number of aryl methyl sites for hydroxylation is 1. The molecular formula is C18H23NO2. The highest BCUT2D eigenvalue weighted by atomic mass is 16.5. The Bertz CT molecular complexity index is 551. The Morgan fingerprint density at radius 3 is 2.29 bits per heavy atom. The maximum Gasteiger partial charge on any atom is 0.161 e. The van der Waals surface area contributed by atoms with Crippen LogP contribution in [0, 0.1) is 6.92 Å². The first-order valence-electron chi connectivity index (χ1n) is 7.27. The molecule has 0 heterocycles. The van der Waals surface area contributed by atoms with E-state index in [1.54, 1.807) is 7.11 Å². The fourth-order valence-corrected chi connectivity index (χ4v) is 2.31. The third-order valence-corrected chi connectivity index (χ3v) is 3.63. The topological polar surface area (TPSA) is 44.5 Å². The fraction of sp³-hybridized carbons (Fsp3) is 0.333. The van der Waals surface area contributed by atoms with Crippen LogP contribution in [0.25, 0.3) is 0 Å². The molecule has 2 aromatic carbocycles. The van der Waals surface area contributed by atoms with Crippen LogP contribution in [0.4, 0.5) is 0 Å². The molecule has 3 heteroatoms. The molecule has 0 amide bonds. The minimum Gasteiger partial charge on any atom is -0.493 e. The lowest BCUT2D eigenvalue weighted by Gasteiger charge is -2.16. The third-order valence-electron chi connectivity index (χ3n) is 3.63. The van der Waals surface area contributed by atoms with Crippen molar-refractivity contribution in [3.8, 4) is 11.5 Å². The molecule has 0 radical (unpaired) electrons. The summed E-state index contributed by atoms with van der Waals surface area (Å²) in [5, 5.41) is 0. The quantitative estimate of drug-likeness (QED) is 0.846. The normalized spacial score (nSPS) is 12.0. The summed E-state index contributed by atoms with van der Waals surface area (Å²) in [5.74, 6) is 1.86. The van der Waals surface area contributed by atoms with Crippen molar-refractivity contribution < 1.29 is 9.47 Å². The summed E-state index contributed by atoms with van der Waals surface area (Å²) in [4.78, 5) is 0. The molecule has 1 atom stereocenters. The van der Waals surface area contributed by atoms with E-state index in [2.05, 4.69) is 31.2 Å². The van der Waals surface area contributed by atoms with E-state index in [1.165, 1.54) is 11.1 Å². The van der Waals surface area contributed by atoms with Gasteiger partial charge in [-0.3, -0.25) is 0 Å². The standard InChI is InChI=1S/C18H23NO2/c1-14-7-9-15(10-8-14)16(13-19)11-12-21-18-6-4-3-5-17(18)20-2/h3-10,16H,11-13,19H2,1-2H3. The van der Waals surface area contributed by atoms with Gasteiger partial charge in [0.2, 0.25) is 0 Å². The molecule has 1 unspecified atom stereocenters. The minimum absolute atomic E-state index is 0.320. The van der Waals surface area contributed by atoms with Crippen LogP contribution in [0.1, 0.15) is 23.5 Å². The van der Waals surface area contributed by atoms with E-state index in [4.69, 9.17) is 15.2 Å². The molecule has 0 spiro atoms. The van der Waals surface area contributed by atoms with Crippen molar-refractivity contribution in [3.63, 3.8) is 0 Å². The molecule has 21 heavy (non-hydrogen) atoms. The zero-order valence-corrected chi connectivity index (χ0v) is 12.7. The fourth-order valence-electron chi connectivity index (χ4n) is 2.31. The number of hydrogen-bond acceptors (Lipinski definition) is 3. The van der Waals surface area contributed by atoms with Crippen molar-refractivity contribution in [2.75, 3.05) is 20.3 Å². The van der Waals surface area contributed by atoms with Gasteiger partial charge in [-0.1, -0.05) is 42.0 Å². The predicted molar refractivity (Wildman–Crippen MR) is 86.1 cm³/mol. The van der Waals surface area contributed by atoms with Gasteiger partial charge in [-0.05, 0) is 43.5 Å². The smallest absolute Gasteiger partial charge is 0.161 e. The molecule has 0 aliphatic heterocycles. The summed E-state index contributed by atoms with van der Waals surface area (Å²) in [6, 6.07) is 16.2. The zero-order valence-electron chi connectivity index (χ0n) is 12.7. The van der Waals surface area contributed by atoms with Crippen LogP contribution in [0.2, 0.25) is 0 Å². The summed E-state index contributed by atoms with van der Waals surface area (Å²) in [5.41, 5.74) is 8.43. The van der Waals surface area contributed by atoms with E-state index in [0.717, 1.165) is 17.9 Å². The number of ether oxygens (including phenoxy) is 2. The molecule has 0 aliphatic carbocycles. The Morgan fingerprint density at radius 1 is 1.00 bits per heavy atom. The summed E-state index contributed by atoms with van der Waals surface area (Å²) in [6.45, 7) is 3.33. The van der Waals surface area contributed by atoms with Crippen LogP contribution >= 0.6 is 0 Å². The molecule has 0 aromatic heterocycles. The Balaban J connectivity index is 1.93. The lowest BCUT2D eigenvalue weighted by atomic mass is 9.95. The molecule has 112 valence electrons. The molecule has 0 aliphatic rings. The van der Waals surface area contributed by atoms with Gasteiger partial charge in [0.1, 0.15) is 0 Å². The van der Waals surface area contributed by atoms with Crippen LogP contribution in [-0.4, -0.2) is 20.3 Å². The van der Waals surface area contributed by atoms with Gasteiger partial charge in [-0.2, -0.15) is 0 Å². The van der Waals surface area contributed by atoms with Gasteiger partial charge in [0, 0.05) is 0 Å². The van der Waals surface area contributed by atoms with Gasteiger partial charge in [0.05, 0.1) is 13.7 Å². The highest BCUT2D eigenvalue weighted by Crippen LogP contribution is 2.27. The Labute approximate surface area is 126 Å². The van der Waals surface area contributed by atoms with Gasteiger partial charge in [0.15, 0.2) is 11.5 Å². The van der Waals surface area contributed by atoms with E-state index in [9.17, 15) is 0 Å².